The molecule has 0 atom stereocenters. The fourth-order valence-electron chi connectivity index (χ4n) is 1.88. The van der Waals surface area contributed by atoms with Gasteiger partial charge in [-0.25, -0.2) is 14.8 Å². The van der Waals surface area contributed by atoms with E-state index in [1.807, 2.05) is 13.0 Å². The summed E-state index contributed by atoms with van der Waals surface area (Å²) >= 11 is 0. The molecule has 0 saturated heterocycles. The Bertz CT molecular complexity index is 772. The van der Waals surface area contributed by atoms with Crippen molar-refractivity contribution in [1.29, 1.82) is 0 Å². The molecule has 6 nitrogen and oxygen atoms in total. The molecule has 1 aromatic carbocycles. The second kappa shape index (κ2) is 7.96. The highest BCUT2D eigenvalue weighted by Crippen LogP contribution is 2.06. The maximum absolute atomic E-state index is 12.8. The maximum atomic E-state index is 12.8. The standard InChI is InChI=1S/C17H17FN4O2/c1-11-7-8-19-15(9-11)20-16(23)10-12(2)21-22-17(24)13-3-5-14(18)6-4-13/h3-9H,10H2,1-2H3,(H,22,24)(H,19,20,23). The van der Waals surface area contributed by atoms with Crippen LogP contribution in [0.3, 0.4) is 0 Å². The van der Waals surface area contributed by atoms with Gasteiger partial charge in [0.1, 0.15) is 11.6 Å². The van der Waals surface area contributed by atoms with E-state index in [0.29, 0.717) is 11.5 Å². The summed E-state index contributed by atoms with van der Waals surface area (Å²) in [6.07, 6.45) is 1.62. The molecule has 0 aliphatic carbocycles. The number of anilines is 1. The summed E-state index contributed by atoms with van der Waals surface area (Å²) in [4.78, 5) is 27.8. The zero-order valence-electron chi connectivity index (χ0n) is 13.3. The van der Waals surface area contributed by atoms with Gasteiger partial charge in [0.05, 0.1) is 6.42 Å². The van der Waals surface area contributed by atoms with Gasteiger partial charge in [-0.05, 0) is 55.8 Å². The Morgan fingerprint density at radius 2 is 1.92 bits per heavy atom. The maximum Gasteiger partial charge on any atom is 0.271 e. The van der Waals surface area contributed by atoms with Crippen LogP contribution in [0.4, 0.5) is 10.2 Å². The minimum absolute atomic E-state index is 0.0132. The Morgan fingerprint density at radius 3 is 2.58 bits per heavy atom. The second-order valence-electron chi connectivity index (χ2n) is 5.24. The minimum atomic E-state index is -0.477. The van der Waals surface area contributed by atoms with E-state index in [1.54, 1.807) is 19.2 Å². The summed E-state index contributed by atoms with van der Waals surface area (Å²) in [6, 6.07) is 8.66. The number of carbonyl (C=O) groups excluding carboxylic acids is 2. The van der Waals surface area contributed by atoms with Gasteiger partial charge in [-0.3, -0.25) is 9.59 Å². The number of hydrogen-bond acceptors (Lipinski definition) is 4. The Labute approximate surface area is 138 Å². The van der Waals surface area contributed by atoms with Gasteiger partial charge in [0.2, 0.25) is 5.91 Å². The molecule has 0 aliphatic rings. The number of rotatable bonds is 5. The van der Waals surface area contributed by atoms with Gasteiger partial charge in [-0.2, -0.15) is 5.10 Å². The second-order valence-corrected chi connectivity index (χ2v) is 5.24. The minimum Gasteiger partial charge on any atom is -0.310 e. The van der Waals surface area contributed by atoms with Crippen LogP contribution >= 0.6 is 0 Å². The molecule has 2 aromatic rings. The van der Waals surface area contributed by atoms with E-state index in [2.05, 4.69) is 20.8 Å². The van der Waals surface area contributed by atoms with Crippen LogP contribution in [-0.4, -0.2) is 22.5 Å². The highest BCUT2D eigenvalue weighted by Gasteiger charge is 2.07. The first-order chi connectivity index (χ1) is 11.4. The fraction of sp³-hybridized carbons (Fsp3) is 0.176. The number of pyridine rings is 1. The van der Waals surface area contributed by atoms with Gasteiger partial charge in [0.25, 0.3) is 5.91 Å². The number of halogens is 1. The third-order valence-electron chi connectivity index (χ3n) is 3.05. The van der Waals surface area contributed by atoms with Crippen molar-refractivity contribution in [1.82, 2.24) is 10.4 Å². The largest absolute Gasteiger partial charge is 0.310 e. The van der Waals surface area contributed by atoms with Gasteiger partial charge in [0, 0.05) is 17.5 Å². The summed E-state index contributed by atoms with van der Waals surface area (Å²) in [7, 11) is 0. The lowest BCUT2D eigenvalue weighted by Gasteiger charge is -2.05. The Kier molecular flexibility index (Phi) is 5.73. The smallest absolute Gasteiger partial charge is 0.271 e. The van der Waals surface area contributed by atoms with E-state index in [9.17, 15) is 14.0 Å². The average molecular weight is 328 g/mol. The van der Waals surface area contributed by atoms with Gasteiger partial charge >= 0.3 is 0 Å². The van der Waals surface area contributed by atoms with Crippen LogP contribution in [0.2, 0.25) is 0 Å². The topological polar surface area (TPSA) is 83.4 Å². The molecule has 0 fully saturated rings. The van der Waals surface area contributed by atoms with Crippen molar-refractivity contribution in [2.24, 2.45) is 5.10 Å². The highest BCUT2D eigenvalue weighted by molar-refractivity contribution is 6.05. The molecule has 1 aromatic heterocycles. The zero-order chi connectivity index (χ0) is 17.5. The monoisotopic (exact) mass is 328 g/mol. The SMILES string of the molecule is CC(CC(=O)Nc1cc(C)ccn1)=NNC(=O)c1ccc(F)cc1. The normalized spacial score (nSPS) is 11.0. The van der Waals surface area contributed by atoms with Crippen LogP contribution in [-0.2, 0) is 4.79 Å². The molecule has 2 rings (SSSR count). The van der Waals surface area contributed by atoms with Gasteiger partial charge < -0.3 is 5.32 Å². The van der Waals surface area contributed by atoms with Crippen LogP contribution in [0.15, 0.2) is 47.7 Å². The third kappa shape index (κ3) is 5.28. The van der Waals surface area contributed by atoms with E-state index < -0.39 is 11.7 Å². The van der Waals surface area contributed by atoms with Crippen molar-refractivity contribution in [2.75, 3.05) is 5.32 Å². The molecular weight excluding hydrogens is 311 g/mol. The number of nitrogens with one attached hydrogen (secondary N) is 2. The van der Waals surface area contributed by atoms with E-state index >= 15 is 0 Å². The van der Waals surface area contributed by atoms with E-state index in [-0.39, 0.29) is 17.9 Å². The highest BCUT2D eigenvalue weighted by atomic mass is 19.1. The summed E-state index contributed by atoms with van der Waals surface area (Å²) < 4.78 is 12.8. The van der Waals surface area contributed by atoms with Crippen molar-refractivity contribution >= 4 is 23.3 Å². The lowest BCUT2D eigenvalue weighted by atomic mass is 10.2. The first-order valence-electron chi connectivity index (χ1n) is 7.25. The number of aromatic nitrogens is 1. The van der Waals surface area contributed by atoms with E-state index in [1.165, 1.54) is 24.3 Å². The quantitative estimate of drug-likeness (QED) is 0.654. The molecule has 124 valence electrons. The number of nitrogens with zero attached hydrogens (tertiary/aromatic N) is 2. The predicted molar refractivity (Wildman–Crippen MR) is 89.2 cm³/mol. The summed E-state index contributed by atoms with van der Waals surface area (Å²) in [5, 5.41) is 6.52. The molecule has 0 unspecified atom stereocenters. The molecular formula is C17H17FN4O2. The van der Waals surface area contributed by atoms with Gasteiger partial charge in [-0.15, -0.1) is 0 Å². The van der Waals surface area contributed by atoms with Gasteiger partial charge in [0.15, 0.2) is 0 Å². The van der Waals surface area contributed by atoms with Crippen molar-refractivity contribution < 1.29 is 14.0 Å². The number of benzene rings is 1. The number of hydrogen-bond donors (Lipinski definition) is 2. The molecule has 2 amide bonds. The fourth-order valence-corrected chi connectivity index (χ4v) is 1.88. The molecule has 0 aliphatic heterocycles. The molecule has 0 radical (unpaired) electrons. The van der Waals surface area contributed by atoms with E-state index in [0.717, 1.165) is 5.56 Å². The number of amides is 2. The summed E-state index contributed by atoms with van der Waals surface area (Å²) in [6.45, 7) is 3.52. The Hall–Kier alpha value is -3.09. The van der Waals surface area contributed by atoms with Crippen molar-refractivity contribution in [3.8, 4) is 0 Å². The first kappa shape index (κ1) is 17.3. The van der Waals surface area contributed by atoms with E-state index in [4.69, 9.17) is 0 Å². The number of aryl methyl sites for hydroxylation is 1. The van der Waals surface area contributed by atoms with Crippen LogP contribution < -0.4 is 10.7 Å². The van der Waals surface area contributed by atoms with Crippen molar-refractivity contribution in [3.63, 3.8) is 0 Å². The Balaban J connectivity index is 1.87. The first-order valence-corrected chi connectivity index (χ1v) is 7.25. The van der Waals surface area contributed by atoms with Crippen molar-refractivity contribution in [3.05, 3.63) is 59.5 Å². The lowest BCUT2D eigenvalue weighted by molar-refractivity contribution is -0.115. The van der Waals surface area contributed by atoms with Gasteiger partial charge in [-0.1, -0.05) is 0 Å². The number of carbonyl (C=O) groups is 2. The molecule has 1 heterocycles. The third-order valence-corrected chi connectivity index (χ3v) is 3.05. The zero-order valence-corrected chi connectivity index (χ0v) is 13.3. The molecule has 24 heavy (non-hydrogen) atoms. The summed E-state index contributed by atoms with van der Waals surface area (Å²) in [5.74, 6) is -0.726. The molecule has 0 spiro atoms. The van der Waals surface area contributed by atoms with Crippen LogP contribution in [0.1, 0.15) is 29.3 Å². The molecule has 0 saturated carbocycles. The molecule has 2 N–H and O–H groups in total. The Morgan fingerprint density at radius 1 is 1.21 bits per heavy atom. The van der Waals surface area contributed by atoms with Crippen LogP contribution in [0, 0.1) is 12.7 Å². The van der Waals surface area contributed by atoms with Crippen LogP contribution in [0.25, 0.3) is 0 Å². The molecule has 0 bridgehead atoms. The lowest BCUT2D eigenvalue weighted by Crippen LogP contribution is -2.21. The predicted octanol–water partition coefficient (Wildman–Crippen LogP) is 2.66. The van der Waals surface area contributed by atoms with Crippen molar-refractivity contribution in [2.45, 2.75) is 20.3 Å². The average Bonchev–Trinajstić information content (AvgIpc) is 2.53. The van der Waals surface area contributed by atoms with Crippen LogP contribution in [0.5, 0.6) is 0 Å². The summed E-state index contributed by atoms with van der Waals surface area (Å²) in [5.41, 5.74) is 4.02. The molecule has 7 heteroatoms. The number of hydrazone groups is 1.